The van der Waals surface area contributed by atoms with Crippen molar-refractivity contribution in [1.29, 1.82) is 0 Å². The Morgan fingerprint density at radius 3 is 2.44 bits per heavy atom. The second-order valence-corrected chi connectivity index (χ2v) is 4.70. The van der Waals surface area contributed by atoms with Gasteiger partial charge in [0.05, 0.1) is 11.9 Å². The van der Waals surface area contributed by atoms with Crippen molar-refractivity contribution in [1.82, 2.24) is 4.98 Å². The zero-order valence-electron chi connectivity index (χ0n) is 10.0. The maximum absolute atomic E-state index is 5.60. The number of hydrogen-bond acceptors (Lipinski definition) is 3. The number of nitrogen functional groups attached to an aromatic ring is 1. The van der Waals surface area contributed by atoms with Gasteiger partial charge in [0, 0.05) is 13.1 Å². The molecule has 88 valence electrons. The number of hydrogen-bond donors (Lipinski definition) is 1. The first kappa shape index (κ1) is 11.2. The Morgan fingerprint density at radius 2 is 1.88 bits per heavy atom. The summed E-state index contributed by atoms with van der Waals surface area (Å²) < 4.78 is 0. The fraction of sp³-hybridized carbons (Fsp3) is 0.615. The van der Waals surface area contributed by atoms with Crippen LogP contribution in [0.25, 0.3) is 0 Å². The molecule has 1 aromatic heterocycles. The third kappa shape index (κ3) is 2.65. The summed E-state index contributed by atoms with van der Waals surface area (Å²) in [4.78, 5) is 6.51. The number of rotatable bonds is 2. The zero-order valence-corrected chi connectivity index (χ0v) is 10.0. The predicted molar refractivity (Wildman–Crippen MR) is 68.5 cm³/mol. The van der Waals surface area contributed by atoms with Gasteiger partial charge in [-0.3, -0.25) is 0 Å². The van der Waals surface area contributed by atoms with Crippen LogP contribution >= 0.6 is 0 Å². The fourth-order valence-corrected chi connectivity index (χ4v) is 2.46. The Kier molecular flexibility index (Phi) is 3.65. The summed E-state index contributed by atoms with van der Waals surface area (Å²) in [5.74, 6) is 0.595. The van der Waals surface area contributed by atoms with Crippen molar-refractivity contribution in [3.05, 3.63) is 18.3 Å². The second-order valence-electron chi connectivity index (χ2n) is 4.70. The molecule has 3 heteroatoms. The molecule has 1 aliphatic carbocycles. The molecule has 2 N–H and O–H groups in total. The smallest absolute Gasteiger partial charge is 0.123 e. The Hall–Kier alpha value is -1.25. The van der Waals surface area contributed by atoms with Crippen LogP contribution in [0.3, 0.4) is 0 Å². The van der Waals surface area contributed by atoms with Crippen molar-refractivity contribution < 1.29 is 0 Å². The van der Waals surface area contributed by atoms with E-state index in [9.17, 15) is 0 Å². The summed E-state index contributed by atoms with van der Waals surface area (Å²) in [6.45, 7) is 0. The summed E-state index contributed by atoms with van der Waals surface area (Å²) in [7, 11) is 2.17. The van der Waals surface area contributed by atoms with E-state index in [1.807, 2.05) is 12.3 Å². The number of anilines is 2. The Bertz CT molecular complexity index is 312. The molecule has 0 unspecified atom stereocenters. The molecule has 0 aromatic carbocycles. The van der Waals surface area contributed by atoms with Crippen LogP contribution in [0.2, 0.25) is 0 Å². The van der Waals surface area contributed by atoms with E-state index >= 15 is 0 Å². The molecule has 16 heavy (non-hydrogen) atoms. The van der Waals surface area contributed by atoms with E-state index in [0.29, 0.717) is 11.9 Å². The van der Waals surface area contributed by atoms with E-state index in [2.05, 4.69) is 23.0 Å². The number of nitrogens with two attached hydrogens (primary N) is 1. The largest absolute Gasteiger partial charge is 0.384 e. The summed E-state index contributed by atoms with van der Waals surface area (Å²) in [5.41, 5.74) is 6.78. The van der Waals surface area contributed by atoms with Gasteiger partial charge in [0.1, 0.15) is 5.82 Å². The minimum Gasteiger partial charge on any atom is -0.384 e. The number of pyridine rings is 1. The van der Waals surface area contributed by atoms with Crippen molar-refractivity contribution in [2.75, 3.05) is 17.7 Å². The van der Waals surface area contributed by atoms with Crippen LogP contribution in [0.4, 0.5) is 11.5 Å². The van der Waals surface area contributed by atoms with Gasteiger partial charge in [-0.15, -0.1) is 0 Å². The molecular formula is C13H21N3. The van der Waals surface area contributed by atoms with E-state index in [0.717, 1.165) is 0 Å². The normalized spacial score (nSPS) is 18.1. The lowest BCUT2D eigenvalue weighted by Crippen LogP contribution is -2.31. The van der Waals surface area contributed by atoms with Gasteiger partial charge in [-0.25, -0.2) is 4.98 Å². The minimum absolute atomic E-state index is 0.595. The molecule has 1 saturated carbocycles. The van der Waals surface area contributed by atoms with E-state index in [-0.39, 0.29) is 0 Å². The molecule has 1 aliphatic rings. The van der Waals surface area contributed by atoms with Crippen molar-refractivity contribution in [2.45, 2.75) is 44.6 Å². The lowest BCUT2D eigenvalue weighted by Gasteiger charge is -2.29. The molecule has 0 amide bonds. The van der Waals surface area contributed by atoms with Crippen LogP contribution in [0.5, 0.6) is 0 Å². The average molecular weight is 219 g/mol. The summed E-state index contributed by atoms with van der Waals surface area (Å²) in [6, 6.07) is 4.61. The highest BCUT2D eigenvalue weighted by molar-refractivity contribution is 5.48. The Morgan fingerprint density at radius 1 is 1.19 bits per heavy atom. The van der Waals surface area contributed by atoms with Crippen LogP contribution in [-0.2, 0) is 0 Å². The van der Waals surface area contributed by atoms with Crippen LogP contribution in [0.1, 0.15) is 38.5 Å². The summed E-state index contributed by atoms with van der Waals surface area (Å²) in [5, 5.41) is 0. The topological polar surface area (TPSA) is 42.1 Å². The maximum atomic E-state index is 5.60. The maximum Gasteiger partial charge on any atom is 0.123 e. The fourth-order valence-electron chi connectivity index (χ4n) is 2.46. The number of aromatic nitrogens is 1. The molecule has 0 radical (unpaired) electrons. The van der Waals surface area contributed by atoms with Gasteiger partial charge >= 0.3 is 0 Å². The lowest BCUT2D eigenvalue weighted by molar-refractivity contribution is 0.552. The van der Waals surface area contributed by atoms with Crippen molar-refractivity contribution >= 4 is 11.5 Å². The van der Waals surface area contributed by atoms with Crippen molar-refractivity contribution in [3.63, 3.8) is 0 Å². The third-order valence-corrected chi connectivity index (χ3v) is 3.55. The molecule has 1 aromatic rings. The molecule has 0 atom stereocenters. The molecule has 0 bridgehead atoms. The highest BCUT2D eigenvalue weighted by Crippen LogP contribution is 2.25. The van der Waals surface area contributed by atoms with Crippen LogP contribution in [0.15, 0.2) is 18.3 Å². The highest BCUT2D eigenvalue weighted by atomic mass is 15.1. The zero-order chi connectivity index (χ0) is 11.4. The van der Waals surface area contributed by atoms with Crippen molar-refractivity contribution in [3.8, 4) is 0 Å². The van der Waals surface area contributed by atoms with Gasteiger partial charge in [-0.05, 0) is 25.0 Å². The lowest BCUT2D eigenvalue weighted by atomic mass is 10.1. The summed E-state index contributed by atoms with van der Waals surface area (Å²) >= 11 is 0. The Balaban J connectivity index is 2.04. The molecule has 0 aliphatic heterocycles. The van der Waals surface area contributed by atoms with Crippen LogP contribution < -0.4 is 10.6 Å². The second kappa shape index (κ2) is 5.19. The monoisotopic (exact) mass is 219 g/mol. The van der Waals surface area contributed by atoms with Crippen LogP contribution in [0, 0.1) is 0 Å². The van der Waals surface area contributed by atoms with Crippen molar-refractivity contribution in [2.24, 2.45) is 0 Å². The number of nitrogens with zero attached hydrogens (tertiary/aromatic N) is 2. The van der Waals surface area contributed by atoms with Gasteiger partial charge in [0.25, 0.3) is 0 Å². The first-order valence-electron chi connectivity index (χ1n) is 6.22. The molecule has 3 nitrogen and oxygen atoms in total. The molecule has 1 fully saturated rings. The van der Waals surface area contributed by atoms with Gasteiger partial charge in [0.15, 0.2) is 0 Å². The first-order valence-corrected chi connectivity index (χ1v) is 6.22. The first-order chi connectivity index (χ1) is 7.77. The van der Waals surface area contributed by atoms with E-state index < -0.39 is 0 Å². The van der Waals surface area contributed by atoms with E-state index in [1.165, 1.54) is 44.2 Å². The Labute approximate surface area is 97.7 Å². The minimum atomic E-state index is 0.595. The highest BCUT2D eigenvalue weighted by Gasteiger charge is 2.17. The average Bonchev–Trinajstić information content (AvgIpc) is 2.57. The molecule has 2 rings (SSSR count). The van der Waals surface area contributed by atoms with E-state index in [4.69, 9.17) is 5.73 Å². The standard InChI is InChI=1S/C13H21N3/c1-16(11-6-4-2-3-5-7-11)12-8-9-13(14)15-10-12/h8-11H,2-7H2,1H3,(H2,14,15). The van der Waals surface area contributed by atoms with Gasteiger partial charge < -0.3 is 10.6 Å². The quantitative estimate of drug-likeness (QED) is 0.778. The SMILES string of the molecule is CN(c1ccc(N)nc1)C1CCCCCC1. The van der Waals surface area contributed by atoms with Crippen LogP contribution in [-0.4, -0.2) is 18.1 Å². The molecule has 0 spiro atoms. The molecule has 1 heterocycles. The van der Waals surface area contributed by atoms with E-state index in [1.54, 1.807) is 0 Å². The summed E-state index contributed by atoms with van der Waals surface area (Å²) in [6.07, 6.45) is 9.99. The van der Waals surface area contributed by atoms with Gasteiger partial charge in [-0.2, -0.15) is 0 Å². The molecule has 0 saturated heterocycles. The molecular weight excluding hydrogens is 198 g/mol. The van der Waals surface area contributed by atoms with Gasteiger partial charge in [-0.1, -0.05) is 25.7 Å². The van der Waals surface area contributed by atoms with Gasteiger partial charge in [0.2, 0.25) is 0 Å². The predicted octanol–water partition coefficient (Wildman–Crippen LogP) is 2.82. The third-order valence-electron chi connectivity index (χ3n) is 3.55.